The van der Waals surface area contributed by atoms with Crippen molar-refractivity contribution >= 4 is 11.6 Å². The van der Waals surface area contributed by atoms with Gasteiger partial charge in [0.25, 0.3) is 5.69 Å². The Balaban J connectivity index is 2.38. The molecular weight excluding hydrogens is 246 g/mol. The van der Waals surface area contributed by atoms with E-state index < -0.39 is 10.3 Å². The van der Waals surface area contributed by atoms with Crippen LogP contribution in [0.25, 0.3) is 0 Å². The van der Waals surface area contributed by atoms with Gasteiger partial charge < -0.3 is 11.1 Å². The molecule has 0 fully saturated rings. The standard InChI is InChI=1S/C13H19N3O3/c1-13(2,12(14)17)9-15-8-7-10-3-5-11(6-4-10)16(18)19/h3-6,15H,7-9H2,1-2H3,(H2,14,17). The van der Waals surface area contributed by atoms with Gasteiger partial charge in [0.15, 0.2) is 0 Å². The van der Waals surface area contributed by atoms with Gasteiger partial charge in [-0.1, -0.05) is 12.1 Å². The van der Waals surface area contributed by atoms with E-state index in [9.17, 15) is 14.9 Å². The SMILES string of the molecule is CC(C)(CNCCc1ccc([N+](=O)[O-])cc1)C(N)=O. The summed E-state index contributed by atoms with van der Waals surface area (Å²) in [5.74, 6) is -0.338. The number of carbonyl (C=O) groups is 1. The van der Waals surface area contributed by atoms with Gasteiger partial charge in [0.05, 0.1) is 10.3 Å². The molecule has 0 aliphatic rings. The van der Waals surface area contributed by atoms with Gasteiger partial charge in [0.1, 0.15) is 0 Å². The Morgan fingerprint density at radius 1 is 1.37 bits per heavy atom. The van der Waals surface area contributed by atoms with Gasteiger partial charge >= 0.3 is 0 Å². The number of nitro groups is 1. The zero-order chi connectivity index (χ0) is 14.5. The van der Waals surface area contributed by atoms with Gasteiger partial charge in [-0.3, -0.25) is 14.9 Å². The average molecular weight is 265 g/mol. The quantitative estimate of drug-likeness (QED) is 0.440. The number of hydrogen-bond acceptors (Lipinski definition) is 4. The number of hydrogen-bond donors (Lipinski definition) is 2. The molecule has 3 N–H and O–H groups in total. The molecule has 0 aliphatic carbocycles. The molecule has 0 bridgehead atoms. The normalized spacial score (nSPS) is 11.3. The van der Waals surface area contributed by atoms with Gasteiger partial charge in [0, 0.05) is 18.7 Å². The van der Waals surface area contributed by atoms with E-state index in [4.69, 9.17) is 5.73 Å². The molecule has 19 heavy (non-hydrogen) atoms. The van der Waals surface area contributed by atoms with E-state index in [1.165, 1.54) is 12.1 Å². The highest BCUT2D eigenvalue weighted by molar-refractivity contribution is 5.80. The lowest BCUT2D eigenvalue weighted by Crippen LogP contribution is -2.40. The molecule has 104 valence electrons. The van der Waals surface area contributed by atoms with E-state index in [1.807, 2.05) is 0 Å². The molecule has 1 amide bonds. The minimum Gasteiger partial charge on any atom is -0.369 e. The maximum atomic E-state index is 11.1. The van der Waals surface area contributed by atoms with E-state index >= 15 is 0 Å². The molecule has 0 saturated heterocycles. The molecule has 1 aromatic carbocycles. The predicted octanol–water partition coefficient (Wildman–Crippen LogP) is 1.24. The molecule has 0 atom stereocenters. The van der Waals surface area contributed by atoms with Crippen molar-refractivity contribution in [2.75, 3.05) is 13.1 Å². The molecule has 1 aromatic rings. The second-order valence-electron chi connectivity index (χ2n) is 5.10. The number of nitrogens with two attached hydrogens (primary N) is 1. The number of nitrogens with zero attached hydrogens (tertiary/aromatic N) is 1. The molecule has 0 saturated carbocycles. The predicted molar refractivity (Wildman–Crippen MR) is 72.6 cm³/mol. The number of nitro benzene ring substituents is 1. The van der Waals surface area contributed by atoms with Crippen LogP contribution >= 0.6 is 0 Å². The third-order valence-electron chi connectivity index (χ3n) is 2.97. The van der Waals surface area contributed by atoms with Crippen LogP contribution in [0.3, 0.4) is 0 Å². The Kier molecular flexibility index (Phi) is 5.00. The van der Waals surface area contributed by atoms with Crippen LogP contribution in [0.5, 0.6) is 0 Å². The molecule has 0 aliphatic heterocycles. The first-order chi connectivity index (χ1) is 8.83. The van der Waals surface area contributed by atoms with Crippen LogP contribution in [0.1, 0.15) is 19.4 Å². The Morgan fingerprint density at radius 2 is 1.95 bits per heavy atom. The van der Waals surface area contributed by atoms with E-state index in [0.717, 1.165) is 12.0 Å². The zero-order valence-electron chi connectivity index (χ0n) is 11.2. The molecule has 0 heterocycles. The number of nitrogens with one attached hydrogen (secondary N) is 1. The summed E-state index contributed by atoms with van der Waals surface area (Å²) in [4.78, 5) is 21.2. The van der Waals surface area contributed by atoms with Crippen LogP contribution in [-0.4, -0.2) is 23.9 Å². The molecule has 0 unspecified atom stereocenters. The second kappa shape index (κ2) is 6.29. The largest absolute Gasteiger partial charge is 0.369 e. The average Bonchev–Trinajstić information content (AvgIpc) is 2.35. The Morgan fingerprint density at radius 3 is 2.42 bits per heavy atom. The summed E-state index contributed by atoms with van der Waals surface area (Å²) in [6, 6.07) is 6.45. The summed E-state index contributed by atoms with van der Waals surface area (Å²) < 4.78 is 0. The number of rotatable bonds is 7. The van der Waals surface area contributed by atoms with Gasteiger partial charge in [0.2, 0.25) is 5.91 Å². The molecular formula is C13H19N3O3. The molecule has 0 radical (unpaired) electrons. The molecule has 6 nitrogen and oxygen atoms in total. The van der Waals surface area contributed by atoms with Crippen LogP contribution in [0.4, 0.5) is 5.69 Å². The maximum Gasteiger partial charge on any atom is 0.269 e. The first-order valence-electron chi connectivity index (χ1n) is 6.07. The van der Waals surface area contributed by atoms with Crippen molar-refractivity contribution in [2.24, 2.45) is 11.1 Å². The first kappa shape index (κ1) is 15.1. The van der Waals surface area contributed by atoms with Gasteiger partial charge in [-0.05, 0) is 32.4 Å². The summed E-state index contributed by atoms with van der Waals surface area (Å²) in [7, 11) is 0. The van der Waals surface area contributed by atoms with E-state index in [1.54, 1.807) is 26.0 Å². The van der Waals surface area contributed by atoms with Crippen molar-refractivity contribution in [3.63, 3.8) is 0 Å². The van der Waals surface area contributed by atoms with Crippen LogP contribution in [0.2, 0.25) is 0 Å². The fourth-order valence-corrected chi connectivity index (χ4v) is 1.51. The van der Waals surface area contributed by atoms with Crippen LogP contribution in [-0.2, 0) is 11.2 Å². The van der Waals surface area contributed by atoms with Crippen molar-refractivity contribution in [1.82, 2.24) is 5.32 Å². The van der Waals surface area contributed by atoms with Crippen molar-refractivity contribution in [3.05, 3.63) is 39.9 Å². The number of non-ortho nitro benzene ring substituents is 1. The number of benzene rings is 1. The fraction of sp³-hybridized carbons (Fsp3) is 0.462. The lowest BCUT2D eigenvalue weighted by atomic mass is 9.93. The van der Waals surface area contributed by atoms with Gasteiger partial charge in [-0.15, -0.1) is 0 Å². The highest BCUT2D eigenvalue weighted by atomic mass is 16.6. The minimum absolute atomic E-state index is 0.0894. The Labute approximate surface area is 112 Å². The van der Waals surface area contributed by atoms with Crippen LogP contribution in [0, 0.1) is 15.5 Å². The summed E-state index contributed by atoms with van der Waals surface area (Å²) in [6.45, 7) is 4.77. The van der Waals surface area contributed by atoms with Crippen LogP contribution < -0.4 is 11.1 Å². The number of carbonyl (C=O) groups excluding carboxylic acids is 1. The zero-order valence-corrected chi connectivity index (χ0v) is 11.2. The minimum atomic E-state index is -0.574. The first-order valence-corrected chi connectivity index (χ1v) is 6.07. The molecule has 6 heteroatoms. The van der Waals surface area contributed by atoms with Crippen LogP contribution in [0.15, 0.2) is 24.3 Å². The summed E-state index contributed by atoms with van der Waals surface area (Å²) in [5, 5.41) is 13.7. The van der Waals surface area contributed by atoms with E-state index in [-0.39, 0.29) is 11.6 Å². The number of primary amides is 1. The summed E-state index contributed by atoms with van der Waals surface area (Å²) in [5.41, 5.74) is 5.79. The highest BCUT2D eigenvalue weighted by Crippen LogP contribution is 2.13. The lowest BCUT2D eigenvalue weighted by Gasteiger charge is -2.20. The van der Waals surface area contributed by atoms with E-state index in [0.29, 0.717) is 13.1 Å². The fourth-order valence-electron chi connectivity index (χ4n) is 1.51. The third kappa shape index (κ3) is 4.67. The van der Waals surface area contributed by atoms with Crippen molar-refractivity contribution in [2.45, 2.75) is 20.3 Å². The van der Waals surface area contributed by atoms with Crippen molar-refractivity contribution in [1.29, 1.82) is 0 Å². The Bertz CT molecular complexity index is 455. The third-order valence-corrected chi connectivity index (χ3v) is 2.97. The van der Waals surface area contributed by atoms with Crippen molar-refractivity contribution < 1.29 is 9.72 Å². The second-order valence-corrected chi connectivity index (χ2v) is 5.10. The maximum absolute atomic E-state index is 11.1. The number of amides is 1. The van der Waals surface area contributed by atoms with E-state index in [2.05, 4.69) is 5.32 Å². The lowest BCUT2D eigenvalue weighted by molar-refractivity contribution is -0.384. The summed E-state index contributed by atoms with van der Waals surface area (Å²) in [6.07, 6.45) is 0.743. The molecule has 0 aromatic heterocycles. The molecule has 0 spiro atoms. The highest BCUT2D eigenvalue weighted by Gasteiger charge is 2.23. The topological polar surface area (TPSA) is 98.3 Å². The smallest absolute Gasteiger partial charge is 0.269 e. The van der Waals surface area contributed by atoms with Gasteiger partial charge in [-0.25, -0.2) is 0 Å². The monoisotopic (exact) mass is 265 g/mol. The Hall–Kier alpha value is -1.95. The summed E-state index contributed by atoms with van der Waals surface area (Å²) >= 11 is 0. The van der Waals surface area contributed by atoms with Crippen molar-refractivity contribution in [3.8, 4) is 0 Å². The van der Waals surface area contributed by atoms with Gasteiger partial charge in [-0.2, -0.15) is 0 Å². The molecule has 1 rings (SSSR count).